The third-order valence-electron chi connectivity index (χ3n) is 5.77. The van der Waals surface area contributed by atoms with Crippen molar-refractivity contribution in [2.75, 3.05) is 38.4 Å². The zero-order valence-electron chi connectivity index (χ0n) is 14.8. The summed E-state index contributed by atoms with van der Waals surface area (Å²) < 4.78 is 11.1. The summed E-state index contributed by atoms with van der Waals surface area (Å²) in [7, 11) is 0. The molecule has 3 aliphatic rings. The summed E-state index contributed by atoms with van der Waals surface area (Å²) in [4.78, 5) is 5.46. The number of hydrogen-bond acceptors (Lipinski definition) is 5. The first-order valence-corrected chi connectivity index (χ1v) is 10.5. The van der Waals surface area contributed by atoms with E-state index in [0.717, 1.165) is 24.1 Å². The van der Waals surface area contributed by atoms with Gasteiger partial charge in [0, 0.05) is 31.7 Å². The van der Waals surface area contributed by atoms with E-state index in [0.29, 0.717) is 12.8 Å². The van der Waals surface area contributed by atoms with Gasteiger partial charge in [-0.15, -0.1) is 0 Å². The summed E-state index contributed by atoms with van der Waals surface area (Å²) in [5.74, 6) is 3.06. The van der Waals surface area contributed by atoms with E-state index in [1.807, 2.05) is 11.8 Å². The SMILES string of the molecule is CSCC[C@@H]1CN2CCC[C@H]2CN1Cc1cc2c(cc1C)OCO2. The van der Waals surface area contributed by atoms with Crippen LogP contribution in [0.4, 0.5) is 0 Å². The molecular weight excluding hydrogens is 320 g/mol. The third kappa shape index (κ3) is 3.26. The molecule has 5 heteroatoms. The van der Waals surface area contributed by atoms with E-state index in [-0.39, 0.29) is 0 Å². The molecule has 132 valence electrons. The van der Waals surface area contributed by atoms with Gasteiger partial charge < -0.3 is 9.47 Å². The summed E-state index contributed by atoms with van der Waals surface area (Å²) >= 11 is 1.97. The maximum atomic E-state index is 5.59. The van der Waals surface area contributed by atoms with Crippen LogP contribution in [-0.4, -0.2) is 60.3 Å². The Kier molecular flexibility index (Phi) is 4.93. The minimum absolute atomic E-state index is 0.356. The number of ether oxygens (including phenoxy) is 2. The summed E-state index contributed by atoms with van der Waals surface area (Å²) in [5, 5.41) is 0. The zero-order chi connectivity index (χ0) is 16.5. The van der Waals surface area contributed by atoms with Gasteiger partial charge in [-0.3, -0.25) is 9.80 Å². The van der Waals surface area contributed by atoms with Crippen LogP contribution < -0.4 is 9.47 Å². The monoisotopic (exact) mass is 348 g/mol. The fraction of sp³-hybridized carbons (Fsp3) is 0.684. The van der Waals surface area contributed by atoms with Crippen molar-refractivity contribution in [1.82, 2.24) is 9.80 Å². The summed E-state index contributed by atoms with van der Waals surface area (Å²) in [5.41, 5.74) is 2.71. The van der Waals surface area contributed by atoms with E-state index in [1.54, 1.807) is 0 Å². The Morgan fingerprint density at radius 3 is 2.88 bits per heavy atom. The van der Waals surface area contributed by atoms with Gasteiger partial charge in [0.25, 0.3) is 0 Å². The predicted molar refractivity (Wildman–Crippen MR) is 99.1 cm³/mol. The number of piperazine rings is 1. The lowest BCUT2D eigenvalue weighted by Crippen LogP contribution is -2.55. The average molecular weight is 349 g/mol. The Morgan fingerprint density at radius 1 is 1.21 bits per heavy atom. The topological polar surface area (TPSA) is 24.9 Å². The van der Waals surface area contributed by atoms with Crippen LogP contribution in [0.1, 0.15) is 30.4 Å². The van der Waals surface area contributed by atoms with Gasteiger partial charge in [0.05, 0.1) is 0 Å². The zero-order valence-corrected chi connectivity index (χ0v) is 15.6. The molecule has 3 aliphatic heterocycles. The van der Waals surface area contributed by atoms with E-state index in [4.69, 9.17) is 9.47 Å². The summed E-state index contributed by atoms with van der Waals surface area (Å²) in [6, 6.07) is 5.78. The maximum absolute atomic E-state index is 5.59. The molecule has 1 aromatic rings. The van der Waals surface area contributed by atoms with Crippen LogP contribution in [0.25, 0.3) is 0 Å². The van der Waals surface area contributed by atoms with Crippen LogP contribution in [0, 0.1) is 6.92 Å². The molecular formula is C19H28N2O2S. The number of fused-ring (bicyclic) bond motifs is 2. The lowest BCUT2D eigenvalue weighted by atomic mass is 10.0. The summed E-state index contributed by atoms with van der Waals surface area (Å²) in [6.07, 6.45) is 6.24. The predicted octanol–water partition coefficient (Wildman–Crippen LogP) is 3.13. The van der Waals surface area contributed by atoms with Crippen molar-refractivity contribution in [2.24, 2.45) is 0 Å². The molecule has 0 aromatic heterocycles. The van der Waals surface area contributed by atoms with Crippen LogP contribution in [0.5, 0.6) is 11.5 Å². The molecule has 2 atom stereocenters. The Balaban J connectivity index is 1.52. The number of rotatable bonds is 5. The molecule has 4 nitrogen and oxygen atoms in total. The van der Waals surface area contributed by atoms with Gasteiger partial charge >= 0.3 is 0 Å². The van der Waals surface area contributed by atoms with E-state index >= 15 is 0 Å². The molecule has 24 heavy (non-hydrogen) atoms. The Hall–Kier alpha value is -0.910. The molecule has 0 amide bonds. The van der Waals surface area contributed by atoms with Gasteiger partial charge in [0.1, 0.15) is 0 Å². The highest BCUT2D eigenvalue weighted by molar-refractivity contribution is 7.98. The van der Waals surface area contributed by atoms with Crippen molar-refractivity contribution in [3.05, 3.63) is 23.3 Å². The highest BCUT2D eigenvalue weighted by Crippen LogP contribution is 2.36. The van der Waals surface area contributed by atoms with Crippen LogP contribution >= 0.6 is 11.8 Å². The van der Waals surface area contributed by atoms with Crippen molar-refractivity contribution >= 4 is 11.8 Å². The second kappa shape index (κ2) is 7.14. The molecule has 0 bridgehead atoms. The third-order valence-corrected chi connectivity index (χ3v) is 6.41. The van der Waals surface area contributed by atoms with Crippen LogP contribution in [0.15, 0.2) is 12.1 Å². The first-order chi connectivity index (χ1) is 11.7. The minimum Gasteiger partial charge on any atom is -0.454 e. The van der Waals surface area contributed by atoms with E-state index in [2.05, 4.69) is 35.1 Å². The summed E-state index contributed by atoms with van der Waals surface area (Å²) in [6.45, 7) is 7.35. The lowest BCUT2D eigenvalue weighted by Gasteiger charge is -2.44. The van der Waals surface area contributed by atoms with Crippen molar-refractivity contribution in [3.8, 4) is 11.5 Å². The van der Waals surface area contributed by atoms with E-state index in [9.17, 15) is 0 Å². The minimum atomic E-state index is 0.356. The second-order valence-corrected chi connectivity index (χ2v) is 8.27. The molecule has 4 rings (SSSR count). The molecule has 0 N–H and O–H groups in total. The van der Waals surface area contributed by atoms with E-state index < -0.39 is 0 Å². The first-order valence-electron chi connectivity index (χ1n) is 9.11. The Morgan fingerprint density at radius 2 is 2.04 bits per heavy atom. The molecule has 2 saturated heterocycles. The molecule has 0 unspecified atom stereocenters. The molecule has 0 radical (unpaired) electrons. The largest absolute Gasteiger partial charge is 0.454 e. The van der Waals surface area contributed by atoms with Gasteiger partial charge in [0.15, 0.2) is 11.5 Å². The number of benzene rings is 1. The molecule has 0 aliphatic carbocycles. The van der Waals surface area contributed by atoms with Gasteiger partial charge in [-0.05, 0) is 68.0 Å². The van der Waals surface area contributed by atoms with Gasteiger partial charge in [0.2, 0.25) is 6.79 Å². The highest BCUT2D eigenvalue weighted by atomic mass is 32.2. The highest BCUT2D eigenvalue weighted by Gasteiger charge is 2.36. The molecule has 2 fully saturated rings. The van der Waals surface area contributed by atoms with Crippen molar-refractivity contribution in [3.63, 3.8) is 0 Å². The van der Waals surface area contributed by atoms with Crippen molar-refractivity contribution < 1.29 is 9.47 Å². The maximum Gasteiger partial charge on any atom is 0.231 e. The molecule has 1 aromatic carbocycles. The Bertz CT molecular complexity index is 595. The number of aryl methyl sites for hydroxylation is 1. The van der Waals surface area contributed by atoms with Gasteiger partial charge in [-0.2, -0.15) is 11.8 Å². The average Bonchev–Trinajstić information content (AvgIpc) is 3.21. The smallest absolute Gasteiger partial charge is 0.231 e. The van der Waals surface area contributed by atoms with Gasteiger partial charge in [-0.1, -0.05) is 0 Å². The Labute approximate surface area is 149 Å². The first kappa shape index (κ1) is 16.6. The number of thioether (sulfide) groups is 1. The number of nitrogens with zero attached hydrogens (tertiary/aromatic N) is 2. The van der Waals surface area contributed by atoms with E-state index in [1.165, 1.54) is 55.8 Å². The fourth-order valence-electron chi connectivity index (χ4n) is 4.34. The molecule has 0 spiro atoms. The molecule has 0 saturated carbocycles. The molecule has 3 heterocycles. The van der Waals surface area contributed by atoms with Gasteiger partial charge in [-0.25, -0.2) is 0 Å². The van der Waals surface area contributed by atoms with Crippen LogP contribution in [0.3, 0.4) is 0 Å². The number of hydrogen-bond donors (Lipinski definition) is 0. The van der Waals surface area contributed by atoms with Crippen molar-refractivity contribution in [2.45, 2.75) is 44.8 Å². The quantitative estimate of drug-likeness (QED) is 0.814. The second-order valence-electron chi connectivity index (χ2n) is 7.29. The lowest BCUT2D eigenvalue weighted by molar-refractivity contribution is 0.0441. The van der Waals surface area contributed by atoms with Crippen molar-refractivity contribution in [1.29, 1.82) is 0 Å². The normalized spacial score (nSPS) is 26.8. The van der Waals surface area contributed by atoms with Crippen LogP contribution in [-0.2, 0) is 6.54 Å². The van der Waals surface area contributed by atoms with Crippen LogP contribution in [0.2, 0.25) is 0 Å². The fourth-order valence-corrected chi connectivity index (χ4v) is 4.85. The standard InChI is InChI=1S/C19H28N2O2S/c1-14-8-18-19(23-13-22-18)9-15(14)10-21-12-16-4-3-6-20(16)11-17(21)5-7-24-2/h8-9,16-17H,3-7,10-13H2,1-2H3/t16-,17+/m0/s1.